The average molecular weight is 98.1 g/mol. The van der Waals surface area contributed by atoms with Gasteiger partial charge in [-0.25, -0.2) is 10.6 Å². The molecule has 1 unspecified atom stereocenters. The Hall–Kier alpha value is -0.800. The van der Waals surface area contributed by atoms with Crippen LogP contribution in [0.1, 0.15) is 0 Å². The molecule has 1 aliphatic rings. The van der Waals surface area contributed by atoms with Crippen LogP contribution >= 0.6 is 0 Å². The van der Waals surface area contributed by atoms with E-state index < -0.39 is 0 Å². The molecule has 2 N–H and O–H groups in total. The summed E-state index contributed by atoms with van der Waals surface area (Å²) >= 11 is 0. The SMILES string of the molecule is [O-][NH+]1C=CC=CN1. The van der Waals surface area contributed by atoms with Gasteiger partial charge in [0.1, 0.15) is 6.20 Å². The Morgan fingerprint density at radius 2 is 2.29 bits per heavy atom. The van der Waals surface area contributed by atoms with Crippen LogP contribution in [0.15, 0.2) is 24.6 Å². The molecule has 0 spiro atoms. The second-order valence-electron chi connectivity index (χ2n) is 1.23. The second-order valence-corrected chi connectivity index (χ2v) is 1.23. The van der Waals surface area contributed by atoms with Gasteiger partial charge in [0.15, 0.2) is 0 Å². The Morgan fingerprint density at radius 1 is 1.43 bits per heavy atom. The number of rotatable bonds is 0. The van der Waals surface area contributed by atoms with Crippen LogP contribution in [0, 0.1) is 5.21 Å². The van der Waals surface area contributed by atoms with Gasteiger partial charge in [0, 0.05) is 6.20 Å². The zero-order valence-corrected chi connectivity index (χ0v) is 3.72. The fourth-order valence-electron chi connectivity index (χ4n) is 0.377. The summed E-state index contributed by atoms with van der Waals surface area (Å²) in [5, 5.41) is 10.2. The van der Waals surface area contributed by atoms with Gasteiger partial charge in [0.05, 0.1) is 0 Å². The minimum Gasteiger partial charge on any atom is -0.603 e. The monoisotopic (exact) mass is 98.0 g/mol. The van der Waals surface area contributed by atoms with Crippen molar-refractivity contribution in [3.63, 3.8) is 0 Å². The smallest absolute Gasteiger partial charge is 0.119 e. The number of nitrogens with one attached hydrogen (secondary N) is 2. The van der Waals surface area contributed by atoms with Crippen LogP contribution < -0.4 is 10.6 Å². The van der Waals surface area contributed by atoms with Crippen molar-refractivity contribution in [1.29, 1.82) is 0 Å². The first-order chi connectivity index (χ1) is 3.39. The molecule has 1 heterocycles. The van der Waals surface area contributed by atoms with E-state index in [1.807, 2.05) is 0 Å². The minimum atomic E-state index is -0.0532. The number of hydroxylamine groups is 1. The predicted octanol–water partition coefficient (Wildman–Crippen LogP) is -1.09. The summed E-state index contributed by atoms with van der Waals surface area (Å²) in [5.74, 6) is 0. The van der Waals surface area contributed by atoms with Crippen molar-refractivity contribution in [2.45, 2.75) is 0 Å². The Kier molecular flexibility index (Phi) is 1.10. The molecule has 0 aromatic rings. The molecule has 0 amide bonds. The molecule has 0 aliphatic carbocycles. The normalized spacial score (nSPS) is 27.3. The Morgan fingerprint density at radius 3 is 2.57 bits per heavy atom. The third kappa shape index (κ3) is 1.03. The Labute approximate surface area is 41.5 Å². The second kappa shape index (κ2) is 1.77. The number of quaternary nitrogens is 1. The largest absolute Gasteiger partial charge is 0.603 e. The molecule has 3 nitrogen and oxygen atoms in total. The van der Waals surface area contributed by atoms with Crippen LogP contribution in [0.4, 0.5) is 0 Å². The molecular formula is C4H6N2O. The molecule has 38 valence electrons. The van der Waals surface area contributed by atoms with Crippen LogP contribution in [0.2, 0.25) is 0 Å². The summed E-state index contributed by atoms with van der Waals surface area (Å²) in [4.78, 5) is 0. The summed E-state index contributed by atoms with van der Waals surface area (Å²) in [6, 6.07) is 0. The summed E-state index contributed by atoms with van der Waals surface area (Å²) in [5.41, 5.74) is 2.48. The van der Waals surface area contributed by atoms with E-state index in [9.17, 15) is 5.21 Å². The number of hydrogen-bond donors (Lipinski definition) is 2. The molecular weight excluding hydrogens is 92.1 g/mol. The van der Waals surface area contributed by atoms with Gasteiger partial charge in [-0.2, -0.15) is 0 Å². The lowest BCUT2D eigenvalue weighted by Crippen LogP contribution is -3.09. The Bertz CT molecular complexity index is 108. The zero-order chi connectivity index (χ0) is 5.11. The van der Waals surface area contributed by atoms with E-state index in [0.29, 0.717) is 0 Å². The third-order valence-electron chi connectivity index (χ3n) is 0.681. The summed E-state index contributed by atoms with van der Waals surface area (Å²) in [7, 11) is 0. The van der Waals surface area contributed by atoms with E-state index in [1.165, 1.54) is 6.20 Å². The van der Waals surface area contributed by atoms with Crippen molar-refractivity contribution in [3.8, 4) is 0 Å². The van der Waals surface area contributed by atoms with Gasteiger partial charge in [-0.1, -0.05) is 0 Å². The van der Waals surface area contributed by atoms with Gasteiger partial charge in [-0.3, -0.25) is 0 Å². The minimum absolute atomic E-state index is 0.0532. The molecule has 1 aliphatic heterocycles. The average Bonchev–Trinajstić information content (AvgIpc) is 1.69. The molecule has 7 heavy (non-hydrogen) atoms. The highest BCUT2D eigenvalue weighted by molar-refractivity contribution is 4.99. The summed E-state index contributed by atoms with van der Waals surface area (Å²) in [6.07, 6.45) is 6.53. The maximum Gasteiger partial charge on any atom is 0.119 e. The van der Waals surface area contributed by atoms with Crippen LogP contribution in [-0.2, 0) is 0 Å². The molecule has 0 radical (unpaired) electrons. The lowest BCUT2D eigenvalue weighted by atomic mass is 10.5. The highest BCUT2D eigenvalue weighted by Crippen LogP contribution is 1.69. The summed E-state index contributed by atoms with van der Waals surface area (Å²) < 4.78 is 0. The van der Waals surface area contributed by atoms with Crippen molar-refractivity contribution >= 4 is 0 Å². The topological polar surface area (TPSA) is 39.5 Å². The molecule has 0 saturated carbocycles. The van der Waals surface area contributed by atoms with Gasteiger partial charge in [-0.05, 0) is 12.2 Å². The van der Waals surface area contributed by atoms with Crippen molar-refractivity contribution in [2.24, 2.45) is 0 Å². The van der Waals surface area contributed by atoms with E-state index >= 15 is 0 Å². The summed E-state index contributed by atoms with van der Waals surface area (Å²) in [6.45, 7) is 0. The standard InChI is InChI=1S/C4H6N2O/c7-6-4-2-1-3-5-6/h1-6H. The zero-order valence-electron chi connectivity index (χ0n) is 3.72. The van der Waals surface area contributed by atoms with E-state index in [1.54, 1.807) is 18.4 Å². The van der Waals surface area contributed by atoms with Gasteiger partial charge in [-0.15, -0.1) is 0 Å². The molecule has 0 aromatic heterocycles. The lowest BCUT2D eigenvalue weighted by molar-refractivity contribution is -0.836. The highest BCUT2D eigenvalue weighted by Gasteiger charge is 1.84. The predicted molar refractivity (Wildman–Crippen MR) is 25.7 cm³/mol. The van der Waals surface area contributed by atoms with Crippen molar-refractivity contribution in [3.05, 3.63) is 29.8 Å². The van der Waals surface area contributed by atoms with Gasteiger partial charge in [0.2, 0.25) is 0 Å². The van der Waals surface area contributed by atoms with E-state index in [2.05, 4.69) is 5.43 Å². The highest BCUT2D eigenvalue weighted by atomic mass is 16.5. The van der Waals surface area contributed by atoms with Crippen LogP contribution in [0.5, 0.6) is 0 Å². The van der Waals surface area contributed by atoms with Crippen molar-refractivity contribution in [2.75, 3.05) is 0 Å². The van der Waals surface area contributed by atoms with E-state index in [0.717, 1.165) is 0 Å². The van der Waals surface area contributed by atoms with Crippen molar-refractivity contribution in [1.82, 2.24) is 5.43 Å². The molecule has 0 saturated heterocycles. The molecule has 0 aromatic carbocycles. The van der Waals surface area contributed by atoms with Gasteiger partial charge in [0.25, 0.3) is 0 Å². The molecule has 3 heteroatoms. The maximum absolute atomic E-state index is 10.2. The first-order valence-corrected chi connectivity index (χ1v) is 2.03. The molecule has 0 fully saturated rings. The van der Waals surface area contributed by atoms with Crippen LogP contribution in [0.25, 0.3) is 0 Å². The fourth-order valence-corrected chi connectivity index (χ4v) is 0.377. The van der Waals surface area contributed by atoms with E-state index in [-0.39, 0.29) is 5.17 Å². The first kappa shape index (κ1) is 4.36. The Balaban J connectivity index is 2.49. The quantitative estimate of drug-likeness (QED) is 0.378. The maximum atomic E-state index is 10.2. The van der Waals surface area contributed by atoms with Crippen molar-refractivity contribution < 1.29 is 5.17 Å². The van der Waals surface area contributed by atoms with Crippen LogP contribution in [0.3, 0.4) is 0 Å². The molecule has 1 atom stereocenters. The molecule has 0 bridgehead atoms. The third-order valence-corrected chi connectivity index (χ3v) is 0.681. The lowest BCUT2D eigenvalue weighted by Gasteiger charge is -2.16. The van der Waals surface area contributed by atoms with Gasteiger partial charge >= 0.3 is 0 Å². The van der Waals surface area contributed by atoms with Crippen LogP contribution in [-0.4, -0.2) is 0 Å². The fraction of sp³-hybridized carbons (Fsp3) is 0. The number of hydrogen-bond acceptors (Lipinski definition) is 2. The molecule has 1 rings (SSSR count). The first-order valence-electron chi connectivity index (χ1n) is 2.03. The number of allylic oxidation sites excluding steroid dienone is 2. The van der Waals surface area contributed by atoms with Gasteiger partial charge < -0.3 is 5.21 Å². The van der Waals surface area contributed by atoms with E-state index in [4.69, 9.17) is 0 Å².